The maximum absolute atomic E-state index is 13.3. The molecule has 3 rings (SSSR count). The smallest absolute Gasteiger partial charge is 0.371 e. The second-order valence-corrected chi connectivity index (χ2v) is 9.38. The van der Waals surface area contributed by atoms with Crippen molar-refractivity contribution in [1.29, 1.82) is 0 Å². The Hall–Kier alpha value is -1.46. The van der Waals surface area contributed by atoms with Gasteiger partial charge < -0.3 is 4.90 Å². The van der Waals surface area contributed by atoms with E-state index >= 15 is 0 Å². The highest BCUT2D eigenvalue weighted by Crippen LogP contribution is 2.35. The van der Waals surface area contributed by atoms with Crippen LogP contribution in [0.2, 0.25) is 0 Å². The van der Waals surface area contributed by atoms with E-state index in [-0.39, 0.29) is 12.0 Å². The quantitative estimate of drug-likeness (QED) is 0.347. The van der Waals surface area contributed by atoms with Crippen molar-refractivity contribution in [3.63, 3.8) is 0 Å². The number of thiocarbonyl (C=S) groups is 1. The number of hydrogen-bond donors (Lipinski definition) is 0. The minimum absolute atomic E-state index is 0.104. The van der Waals surface area contributed by atoms with Crippen molar-refractivity contribution in [2.24, 2.45) is 16.8 Å². The van der Waals surface area contributed by atoms with Crippen LogP contribution in [-0.2, 0) is 6.18 Å². The molecule has 0 spiro atoms. The third-order valence-electron chi connectivity index (χ3n) is 6.90. The fraction of sp³-hybridized carbons (Fsp3) is 0.750. The second kappa shape index (κ2) is 12.0. The molecule has 7 heteroatoms. The van der Waals surface area contributed by atoms with Gasteiger partial charge in [0.1, 0.15) is 5.69 Å². The zero-order valence-corrected chi connectivity index (χ0v) is 19.1. The van der Waals surface area contributed by atoms with Crippen molar-refractivity contribution in [3.8, 4) is 0 Å². The summed E-state index contributed by atoms with van der Waals surface area (Å²) in [5.41, 5.74) is -0.205. The van der Waals surface area contributed by atoms with E-state index in [9.17, 15) is 13.2 Å². The highest BCUT2D eigenvalue weighted by molar-refractivity contribution is 7.78. The summed E-state index contributed by atoms with van der Waals surface area (Å²) in [6, 6.07) is 3.02. The van der Waals surface area contributed by atoms with Gasteiger partial charge in [0.05, 0.1) is 11.2 Å². The molecule has 3 atom stereocenters. The summed E-state index contributed by atoms with van der Waals surface area (Å²) in [6.45, 7) is 1.51. The van der Waals surface area contributed by atoms with Crippen molar-refractivity contribution in [3.05, 3.63) is 24.0 Å². The minimum Gasteiger partial charge on any atom is -0.371 e. The van der Waals surface area contributed by atoms with E-state index in [1.165, 1.54) is 57.2 Å². The molecule has 3 nitrogen and oxygen atoms in total. The zero-order valence-electron chi connectivity index (χ0n) is 18.2. The summed E-state index contributed by atoms with van der Waals surface area (Å²) >= 11 is 4.94. The molecule has 1 saturated carbocycles. The lowest BCUT2D eigenvalue weighted by Gasteiger charge is -2.30. The SMILES string of the molecule is FC(F)(F)c1cc(N2C[C@H]3CCCCCCCCCC[C@H](N=C=S)[C@H](CC3)C2)ccn1. The lowest BCUT2D eigenvalue weighted by atomic mass is 9.88. The monoisotopic (exact) mass is 453 g/mol. The number of pyridine rings is 1. The van der Waals surface area contributed by atoms with E-state index in [1.807, 2.05) is 0 Å². The highest BCUT2D eigenvalue weighted by atomic mass is 32.1. The van der Waals surface area contributed by atoms with Crippen LogP contribution in [0, 0.1) is 11.8 Å². The molecule has 0 unspecified atom stereocenters. The predicted molar refractivity (Wildman–Crippen MR) is 123 cm³/mol. The van der Waals surface area contributed by atoms with E-state index in [4.69, 9.17) is 12.2 Å². The van der Waals surface area contributed by atoms with Crippen LogP contribution in [0.5, 0.6) is 0 Å². The molecule has 2 fully saturated rings. The number of aromatic nitrogens is 1. The number of hydrogen-bond acceptors (Lipinski definition) is 4. The standard InChI is InChI=1S/C24H34F3N3S/c25-24(26,27)23-15-21(13-14-28-23)30-16-19-9-7-5-3-1-2-4-6-8-10-22(29-18-31)20(17-30)12-11-19/h13-15,19-20,22H,1-12,16-17H2/t19-,20+,22-/m0/s1. The largest absolute Gasteiger partial charge is 0.433 e. The van der Waals surface area contributed by atoms with Crippen molar-refractivity contribution in [2.45, 2.75) is 89.3 Å². The van der Waals surface area contributed by atoms with Crippen LogP contribution in [-0.4, -0.2) is 29.3 Å². The van der Waals surface area contributed by atoms with Crippen molar-refractivity contribution < 1.29 is 13.2 Å². The fourth-order valence-corrected chi connectivity index (χ4v) is 5.29. The van der Waals surface area contributed by atoms with Crippen LogP contribution < -0.4 is 4.90 Å². The van der Waals surface area contributed by atoms with E-state index in [1.54, 1.807) is 6.07 Å². The maximum atomic E-state index is 13.3. The van der Waals surface area contributed by atoms with Gasteiger partial charge >= 0.3 is 6.18 Å². The number of nitrogens with zero attached hydrogens (tertiary/aromatic N) is 3. The summed E-state index contributed by atoms with van der Waals surface area (Å²) in [7, 11) is 0. The van der Waals surface area contributed by atoms with Gasteiger partial charge in [-0.2, -0.15) is 13.2 Å². The van der Waals surface area contributed by atoms with Crippen molar-refractivity contribution >= 4 is 23.1 Å². The summed E-state index contributed by atoms with van der Waals surface area (Å²) in [4.78, 5) is 10.2. The normalized spacial score (nSPS) is 26.9. The molecular formula is C24H34F3N3S. The van der Waals surface area contributed by atoms with Crippen LogP contribution in [0.15, 0.2) is 23.3 Å². The summed E-state index contributed by atoms with van der Waals surface area (Å²) in [6.07, 6.45) is 11.1. The lowest BCUT2D eigenvalue weighted by molar-refractivity contribution is -0.141. The van der Waals surface area contributed by atoms with Crippen LogP contribution in [0.4, 0.5) is 18.9 Å². The molecule has 31 heavy (non-hydrogen) atoms. The Morgan fingerprint density at radius 2 is 1.61 bits per heavy atom. The number of isothiocyanates is 1. The van der Waals surface area contributed by atoms with Crippen molar-refractivity contribution in [1.82, 2.24) is 4.98 Å². The summed E-state index contributed by atoms with van der Waals surface area (Å²) in [5, 5.41) is 2.60. The number of aliphatic imine (C=N–C) groups is 1. The molecule has 0 aromatic carbocycles. The first kappa shape index (κ1) is 24.2. The summed E-state index contributed by atoms with van der Waals surface area (Å²) < 4.78 is 39.8. The van der Waals surface area contributed by atoms with E-state index in [0.29, 0.717) is 18.2 Å². The lowest BCUT2D eigenvalue weighted by Crippen LogP contribution is -2.35. The molecule has 1 aliphatic carbocycles. The number of halogens is 3. The Kier molecular flexibility index (Phi) is 9.33. The molecule has 172 valence electrons. The molecule has 1 aromatic heterocycles. The fourth-order valence-electron chi connectivity index (χ4n) is 5.15. The van der Waals surface area contributed by atoms with E-state index in [0.717, 1.165) is 38.6 Å². The zero-order chi connectivity index (χ0) is 22.1. The van der Waals surface area contributed by atoms with Gasteiger partial charge in [0, 0.05) is 25.0 Å². The third kappa shape index (κ3) is 7.57. The molecule has 1 aromatic rings. The Labute approximate surface area is 189 Å². The van der Waals surface area contributed by atoms with E-state index in [2.05, 4.69) is 20.0 Å². The number of fused-ring (bicyclic) bond motifs is 3. The third-order valence-corrected chi connectivity index (χ3v) is 7.01. The van der Waals surface area contributed by atoms with Gasteiger partial charge in [-0.05, 0) is 61.9 Å². The van der Waals surface area contributed by atoms with Crippen LogP contribution in [0.25, 0.3) is 0 Å². The molecule has 1 saturated heterocycles. The average molecular weight is 454 g/mol. The number of anilines is 1. The molecule has 0 radical (unpaired) electrons. The van der Waals surface area contributed by atoms with Crippen molar-refractivity contribution in [2.75, 3.05) is 18.0 Å². The Morgan fingerprint density at radius 3 is 2.29 bits per heavy atom. The van der Waals surface area contributed by atoms with Gasteiger partial charge in [0.15, 0.2) is 0 Å². The molecule has 0 amide bonds. The summed E-state index contributed by atoms with van der Waals surface area (Å²) in [5.74, 6) is 0.780. The molecule has 0 N–H and O–H groups in total. The minimum atomic E-state index is -4.43. The molecule has 2 aliphatic rings. The topological polar surface area (TPSA) is 28.5 Å². The Bertz CT molecular complexity index is 733. The first-order valence-electron chi connectivity index (χ1n) is 11.8. The van der Waals surface area contributed by atoms with Gasteiger partial charge in [0.25, 0.3) is 0 Å². The van der Waals surface area contributed by atoms with Crippen LogP contribution in [0.3, 0.4) is 0 Å². The highest BCUT2D eigenvalue weighted by Gasteiger charge is 2.34. The Morgan fingerprint density at radius 1 is 0.935 bits per heavy atom. The van der Waals surface area contributed by atoms with Gasteiger partial charge in [0.2, 0.25) is 0 Å². The van der Waals surface area contributed by atoms with Crippen LogP contribution >= 0.6 is 12.2 Å². The average Bonchev–Trinajstić information content (AvgIpc) is 2.96. The molecule has 1 aliphatic heterocycles. The van der Waals surface area contributed by atoms with Gasteiger partial charge in [-0.15, -0.1) is 0 Å². The Balaban J connectivity index is 1.85. The van der Waals surface area contributed by atoms with Gasteiger partial charge in [-0.3, -0.25) is 4.98 Å². The number of alkyl halides is 3. The first-order chi connectivity index (χ1) is 15.0. The molecule has 2 heterocycles. The first-order valence-corrected chi connectivity index (χ1v) is 12.2. The van der Waals surface area contributed by atoms with Gasteiger partial charge in [-0.1, -0.05) is 51.4 Å². The number of rotatable bonds is 2. The van der Waals surface area contributed by atoms with Gasteiger partial charge in [-0.25, -0.2) is 4.99 Å². The maximum Gasteiger partial charge on any atom is 0.433 e. The van der Waals surface area contributed by atoms with E-state index < -0.39 is 11.9 Å². The predicted octanol–water partition coefficient (Wildman–Crippen LogP) is 7.32. The van der Waals surface area contributed by atoms with Crippen LogP contribution in [0.1, 0.15) is 82.7 Å². The molecular weight excluding hydrogens is 419 g/mol. The second-order valence-electron chi connectivity index (χ2n) is 9.20. The molecule has 2 bridgehead atoms.